The van der Waals surface area contributed by atoms with Crippen molar-refractivity contribution in [3.05, 3.63) is 66.2 Å². The van der Waals surface area contributed by atoms with Crippen LogP contribution in [0.1, 0.15) is 12.7 Å². The SMILES string of the molecule is C/C(=N\NC(=S)Nc1cccc(F)c1)c1cc2ccccc2o1. The van der Waals surface area contributed by atoms with Gasteiger partial charge < -0.3 is 9.73 Å². The van der Waals surface area contributed by atoms with Gasteiger partial charge in [-0.05, 0) is 49.5 Å². The normalized spacial score (nSPS) is 11.5. The van der Waals surface area contributed by atoms with Crippen LogP contribution in [0.5, 0.6) is 0 Å². The van der Waals surface area contributed by atoms with Crippen molar-refractivity contribution in [3.63, 3.8) is 0 Å². The van der Waals surface area contributed by atoms with E-state index < -0.39 is 0 Å². The lowest BCUT2D eigenvalue weighted by molar-refractivity contribution is 0.603. The molecule has 0 radical (unpaired) electrons. The minimum atomic E-state index is -0.334. The average Bonchev–Trinajstić information content (AvgIpc) is 2.97. The number of nitrogens with one attached hydrogen (secondary N) is 2. The topological polar surface area (TPSA) is 49.6 Å². The Morgan fingerprint density at radius 3 is 2.74 bits per heavy atom. The molecule has 4 nitrogen and oxygen atoms in total. The lowest BCUT2D eigenvalue weighted by Gasteiger charge is -2.07. The first kappa shape index (κ1) is 15.2. The van der Waals surface area contributed by atoms with E-state index in [0.29, 0.717) is 17.2 Å². The van der Waals surface area contributed by atoms with Crippen molar-refractivity contribution in [3.8, 4) is 0 Å². The quantitative estimate of drug-likeness (QED) is 0.428. The first-order valence-corrected chi connectivity index (χ1v) is 7.38. The number of furan rings is 1. The molecule has 0 aliphatic heterocycles. The van der Waals surface area contributed by atoms with Gasteiger partial charge in [0.15, 0.2) is 10.9 Å². The van der Waals surface area contributed by atoms with Crippen LogP contribution in [0.3, 0.4) is 0 Å². The predicted octanol–water partition coefficient (Wildman–Crippen LogP) is 4.28. The van der Waals surface area contributed by atoms with Gasteiger partial charge >= 0.3 is 0 Å². The molecule has 6 heteroatoms. The highest BCUT2D eigenvalue weighted by Gasteiger charge is 2.06. The molecule has 0 saturated carbocycles. The van der Waals surface area contributed by atoms with E-state index in [9.17, 15) is 4.39 Å². The molecule has 116 valence electrons. The standard InChI is InChI=1S/C17H14FN3OS/c1-11(16-9-12-5-2-3-8-15(12)22-16)20-21-17(23)19-14-7-4-6-13(18)10-14/h2-10H,1H3,(H2,19,21,23)/b20-11+. The zero-order valence-electron chi connectivity index (χ0n) is 12.3. The number of nitrogens with zero attached hydrogens (tertiary/aromatic N) is 1. The highest BCUT2D eigenvalue weighted by molar-refractivity contribution is 7.80. The van der Waals surface area contributed by atoms with Gasteiger partial charge in [-0.1, -0.05) is 24.3 Å². The second-order valence-electron chi connectivity index (χ2n) is 4.92. The van der Waals surface area contributed by atoms with Crippen molar-refractivity contribution in [2.45, 2.75) is 6.92 Å². The maximum atomic E-state index is 13.1. The van der Waals surface area contributed by atoms with E-state index >= 15 is 0 Å². The Morgan fingerprint density at radius 1 is 1.13 bits per heavy atom. The number of para-hydroxylation sites is 1. The first-order valence-electron chi connectivity index (χ1n) is 6.97. The van der Waals surface area contributed by atoms with E-state index in [-0.39, 0.29) is 10.9 Å². The van der Waals surface area contributed by atoms with Crippen molar-refractivity contribution in [2.24, 2.45) is 5.10 Å². The summed E-state index contributed by atoms with van der Waals surface area (Å²) < 4.78 is 18.8. The van der Waals surface area contributed by atoms with Crippen LogP contribution >= 0.6 is 12.2 Å². The van der Waals surface area contributed by atoms with Crippen molar-refractivity contribution in [2.75, 3.05) is 5.32 Å². The highest BCUT2D eigenvalue weighted by atomic mass is 32.1. The van der Waals surface area contributed by atoms with E-state index in [1.807, 2.05) is 37.3 Å². The molecule has 0 spiro atoms. The third-order valence-corrected chi connectivity index (χ3v) is 3.38. The van der Waals surface area contributed by atoms with Crippen LogP contribution in [0.25, 0.3) is 11.0 Å². The van der Waals surface area contributed by atoms with Gasteiger partial charge in [-0.25, -0.2) is 4.39 Å². The first-order chi connectivity index (χ1) is 11.1. The van der Waals surface area contributed by atoms with Crippen LogP contribution < -0.4 is 10.7 Å². The Balaban J connectivity index is 1.67. The summed E-state index contributed by atoms with van der Waals surface area (Å²) in [6.07, 6.45) is 0. The fraction of sp³-hybridized carbons (Fsp3) is 0.0588. The second-order valence-corrected chi connectivity index (χ2v) is 5.33. The van der Waals surface area contributed by atoms with Crippen LogP contribution in [0, 0.1) is 5.82 Å². The number of benzene rings is 2. The molecule has 3 rings (SSSR count). The Morgan fingerprint density at radius 2 is 1.96 bits per heavy atom. The van der Waals surface area contributed by atoms with E-state index in [2.05, 4.69) is 15.8 Å². The molecule has 0 unspecified atom stereocenters. The summed E-state index contributed by atoms with van der Waals surface area (Å²) >= 11 is 5.13. The Bertz CT molecular complexity index is 855. The maximum Gasteiger partial charge on any atom is 0.191 e. The van der Waals surface area contributed by atoms with Gasteiger partial charge in [-0.2, -0.15) is 5.10 Å². The van der Waals surface area contributed by atoms with Crippen molar-refractivity contribution < 1.29 is 8.81 Å². The number of hydrazone groups is 1. The number of hydrogen-bond donors (Lipinski definition) is 2. The van der Waals surface area contributed by atoms with Gasteiger partial charge in [0.05, 0.1) is 0 Å². The number of hydrogen-bond acceptors (Lipinski definition) is 3. The fourth-order valence-corrected chi connectivity index (χ4v) is 2.24. The molecule has 23 heavy (non-hydrogen) atoms. The molecule has 0 saturated heterocycles. The summed E-state index contributed by atoms with van der Waals surface area (Å²) in [6.45, 7) is 1.81. The molecule has 2 N–H and O–H groups in total. The lowest BCUT2D eigenvalue weighted by atomic mass is 10.2. The van der Waals surface area contributed by atoms with Crippen molar-refractivity contribution in [1.82, 2.24) is 5.43 Å². The monoisotopic (exact) mass is 327 g/mol. The minimum Gasteiger partial charge on any atom is -0.455 e. The number of rotatable bonds is 3. The van der Waals surface area contributed by atoms with E-state index in [0.717, 1.165) is 11.0 Å². The smallest absolute Gasteiger partial charge is 0.191 e. The summed E-state index contributed by atoms with van der Waals surface area (Å²) in [5.41, 5.74) is 4.73. The largest absolute Gasteiger partial charge is 0.455 e. The van der Waals surface area contributed by atoms with Gasteiger partial charge in [0.1, 0.15) is 17.1 Å². The van der Waals surface area contributed by atoms with Crippen LogP contribution in [0.2, 0.25) is 0 Å². The van der Waals surface area contributed by atoms with Gasteiger partial charge in [0, 0.05) is 11.1 Å². The van der Waals surface area contributed by atoms with Gasteiger partial charge in [0.2, 0.25) is 0 Å². The zero-order chi connectivity index (χ0) is 16.2. The average molecular weight is 327 g/mol. The maximum absolute atomic E-state index is 13.1. The third-order valence-electron chi connectivity index (χ3n) is 3.19. The highest BCUT2D eigenvalue weighted by Crippen LogP contribution is 2.19. The van der Waals surface area contributed by atoms with Gasteiger partial charge in [-0.3, -0.25) is 5.43 Å². The Labute approximate surface area is 138 Å². The number of halogens is 1. The summed E-state index contributed by atoms with van der Waals surface area (Å²) in [7, 11) is 0. The van der Waals surface area contributed by atoms with E-state index in [4.69, 9.17) is 16.6 Å². The molecule has 2 aromatic carbocycles. The van der Waals surface area contributed by atoms with E-state index in [1.54, 1.807) is 12.1 Å². The Kier molecular flexibility index (Phi) is 4.34. The zero-order valence-corrected chi connectivity index (χ0v) is 13.2. The molecular formula is C17H14FN3OS. The summed E-state index contributed by atoms with van der Waals surface area (Å²) in [5.74, 6) is 0.326. The number of fused-ring (bicyclic) bond motifs is 1. The molecular weight excluding hydrogens is 313 g/mol. The molecule has 0 fully saturated rings. The van der Waals surface area contributed by atoms with Crippen LogP contribution in [-0.2, 0) is 0 Å². The second kappa shape index (κ2) is 6.58. The minimum absolute atomic E-state index is 0.270. The molecule has 3 aromatic rings. The predicted molar refractivity (Wildman–Crippen MR) is 94.2 cm³/mol. The molecule has 0 aliphatic rings. The molecule has 1 aromatic heterocycles. The fourth-order valence-electron chi connectivity index (χ4n) is 2.08. The number of anilines is 1. The molecule has 0 atom stereocenters. The van der Waals surface area contributed by atoms with Crippen molar-refractivity contribution >= 4 is 39.7 Å². The van der Waals surface area contributed by atoms with Crippen LogP contribution in [-0.4, -0.2) is 10.8 Å². The summed E-state index contributed by atoms with van der Waals surface area (Å²) in [6, 6.07) is 15.7. The molecule has 0 amide bonds. The number of thiocarbonyl (C=S) groups is 1. The van der Waals surface area contributed by atoms with Crippen LogP contribution in [0.15, 0.2) is 64.1 Å². The van der Waals surface area contributed by atoms with Gasteiger partial charge in [-0.15, -0.1) is 0 Å². The lowest BCUT2D eigenvalue weighted by Crippen LogP contribution is -2.24. The molecule has 0 aliphatic carbocycles. The summed E-state index contributed by atoms with van der Waals surface area (Å²) in [5, 5.41) is 8.32. The Hall–Kier alpha value is -2.73. The third kappa shape index (κ3) is 3.73. The van der Waals surface area contributed by atoms with Gasteiger partial charge in [0.25, 0.3) is 0 Å². The van der Waals surface area contributed by atoms with Crippen LogP contribution in [0.4, 0.5) is 10.1 Å². The van der Waals surface area contributed by atoms with E-state index in [1.165, 1.54) is 12.1 Å². The summed E-state index contributed by atoms with van der Waals surface area (Å²) in [4.78, 5) is 0. The van der Waals surface area contributed by atoms with Crippen molar-refractivity contribution in [1.29, 1.82) is 0 Å². The molecule has 0 bridgehead atoms. The molecule has 1 heterocycles.